The summed E-state index contributed by atoms with van der Waals surface area (Å²) in [5, 5.41) is 0. The summed E-state index contributed by atoms with van der Waals surface area (Å²) >= 11 is 0.877. The molecule has 1 rings (SSSR count). The average molecular weight is 337 g/mol. The summed E-state index contributed by atoms with van der Waals surface area (Å²) in [6.45, 7) is 2.02. The zero-order valence-electron chi connectivity index (χ0n) is 12.2. The number of aromatic nitrogens is 1. The van der Waals surface area contributed by atoms with Crippen molar-refractivity contribution in [1.82, 2.24) is 14.6 Å². The van der Waals surface area contributed by atoms with Crippen LogP contribution in [-0.2, 0) is 19.5 Å². The highest BCUT2D eigenvalue weighted by atomic mass is 32.2. The number of hydrogen-bond acceptors (Lipinski definition) is 8. The number of ether oxygens (including phenoxy) is 2. The van der Waals surface area contributed by atoms with Gasteiger partial charge in [-0.25, -0.2) is 22.9 Å². The molecule has 21 heavy (non-hydrogen) atoms. The van der Waals surface area contributed by atoms with Crippen LogP contribution in [0.3, 0.4) is 0 Å². The van der Waals surface area contributed by atoms with Crippen LogP contribution in [0.2, 0.25) is 0 Å². The van der Waals surface area contributed by atoms with Crippen molar-refractivity contribution in [2.24, 2.45) is 0 Å². The lowest BCUT2D eigenvalue weighted by molar-refractivity contribution is 0.0590. The Bertz CT molecular complexity index is 558. The predicted molar refractivity (Wildman–Crippen MR) is 78.0 cm³/mol. The summed E-state index contributed by atoms with van der Waals surface area (Å²) in [5.74, 6) is -0.770. The maximum absolute atomic E-state index is 12.1. The van der Waals surface area contributed by atoms with Crippen molar-refractivity contribution < 1.29 is 22.7 Å². The van der Waals surface area contributed by atoms with Crippen molar-refractivity contribution in [3.8, 4) is 0 Å². The molecule has 1 N–H and O–H groups in total. The van der Waals surface area contributed by atoms with Gasteiger partial charge in [-0.1, -0.05) is 0 Å². The molecule has 1 heterocycles. The molecular formula is C11H19N3O5S2. The molecule has 120 valence electrons. The number of sulfonamides is 1. The molecule has 0 aliphatic heterocycles. The number of esters is 1. The minimum atomic E-state index is -3.77. The van der Waals surface area contributed by atoms with Gasteiger partial charge in [0.25, 0.3) is 10.0 Å². The highest BCUT2D eigenvalue weighted by Crippen LogP contribution is 2.20. The van der Waals surface area contributed by atoms with Crippen LogP contribution in [0.15, 0.2) is 9.72 Å². The Labute approximate surface area is 128 Å². The van der Waals surface area contributed by atoms with Gasteiger partial charge in [-0.05, 0) is 7.05 Å². The number of hydrogen-bond donors (Lipinski definition) is 1. The fourth-order valence-electron chi connectivity index (χ4n) is 1.45. The number of methoxy groups -OCH3 is 2. The molecule has 0 radical (unpaired) electrons. The summed E-state index contributed by atoms with van der Waals surface area (Å²) in [7, 11) is 0.872. The Morgan fingerprint density at radius 1 is 1.43 bits per heavy atom. The minimum absolute atomic E-state index is 0.131. The molecule has 0 atom stereocenters. The van der Waals surface area contributed by atoms with Crippen LogP contribution in [0.5, 0.6) is 0 Å². The van der Waals surface area contributed by atoms with Crippen molar-refractivity contribution in [2.45, 2.75) is 4.21 Å². The first kappa shape index (κ1) is 18.0. The molecular weight excluding hydrogens is 318 g/mol. The van der Waals surface area contributed by atoms with E-state index in [1.165, 1.54) is 12.6 Å². The molecule has 0 spiro atoms. The van der Waals surface area contributed by atoms with E-state index >= 15 is 0 Å². The number of nitrogens with one attached hydrogen (secondary N) is 1. The Hall–Kier alpha value is -1.07. The van der Waals surface area contributed by atoms with Gasteiger partial charge < -0.3 is 14.4 Å². The largest absolute Gasteiger partial charge is 0.464 e. The molecule has 0 amide bonds. The number of carbonyl (C=O) groups excluding carboxylic acids is 1. The van der Waals surface area contributed by atoms with Gasteiger partial charge in [0, 0.05) is 26.7 Å². The Kier molecular flexibility index (Phi) is 7.18. The second-order valence-electron chi connectivity index (χ2n) is 4.17. The summed E-state index contributed by atoms with van der Waals surface area (Å²) in [5.41, 5.74) is 1.11. The number of rotatable bonds is 9. The average Bonchev–Trinajstić information content (AvgIpc) is 2.94. The van der Waals surface area contributed by atoms with Gasteiger partial charge in [0.1, 0.15) is 0 Å². The van der Waals surface area contributed by atoms with Crippen LogP contribution < -0.4 is 4.72 Å². The Morgan fingerprint density at radius 2 is 2.14 bits per heavy atom. The summed E-state index contributed by atoms with van der Waals surface area (Å²) in [6, 6.07) is 0. The molecule has 1 aromatic heterocycles. The van der Waals surface area contributed by atoms with E-state index in [4.69, 9.17) is 4.74 Å². The first-order chi connectivity index (χ1) is 9.92. The van der Waals surface area contributed by atoms with Crippen molar-refractivity contribution >= 4 is 27.3 Å². The third-order valence-corrected chi connectivity index (χ3v) is 5.45. The number of thiazole rings is 1. The third-order valence-electron chi connectivity index (χ3n) is 2.62. The normalized spacial score (nSPS) is 11.8. The number of carbonyl (C=O) groups is 1. The monoisotopic (exact) mass is 337 g/mol. The lowest BCUT2D eigenvalue weighted by atomic mass is 10.5. The van der Waals surface area contributed by atoms with Crippen LogP contribution in [0.1, 0.15) is 10.5 Å². The van der Waals surface area contributed by atoms with Gasteiger partial charge in [0.2, 0.25) is 0 Å². The number of likely N-dealkylation sites (N-methyl/N-ethyl adjacent to an activating group) is 1. The van der Waals surface area contributed by atoms with Gasteiger partial charge >= 0.3 is 5.97 Å². The topological polar surface area (TPSA) is 97.8 Å². The standard InChI is InChI=1S/C11H19N3O5S2/c1-14(6-7-18-2)5-4-13-21(16,17)11-9(10(15)19-3)12-8-20-11/h8,13H,4-7H2,1-3H3. The van der Waals surface area contributed by atoms with Gasteiger partial charge in [-0.3, -0.25) is 0 Å². The predicted octanol–water partition coefficient (Wildman–Crippen LogP) is -0.214. The van der Waals surface area contributed by atoms with Gasteiger partial charge in [-0.2, -0.15) is 0 Å². The van der Waals surface area contributed by atoms with Crippen LogP contribution in [0, 0.1) is 0 Å². The molecule has 0 aliphatic carbocycles. The molecule has 0 saturated carbocycles. The van der Waals surface area contributed by atoms with E-state index in [1.54, 1.807) is 7.11 Å². The molecule has 0 bridgehead atoms. The SMILES string of the molecule is COCCN(C)CCNS(=O)(=O)c1scnc1C(=O)OC. The second kappa shape index (κ2) is 8.39. The van der Waals surface area contributed by atoms with Gasteiger partial charge in [0.15, 0.2) is 9.90 Å². The minimum Gasteiger partial charge on any atom is -0.464 e. The smallest absolute Gasteiger partial charge is 0.358 e. The molecule has 0 aromatic carbocycles. The van der Waals surface area contributed by atoms with E-state index in [2.05, 4.69) is 14.4 Å². The van der Waals surface area contributed by atoms with Crippen molar-refractivity contribution in [1.29, 1.82) is 0 Å². The zero-order valence-corrected chi connectivity index (χ0v) is 13.8. The van der Waals surface area contributed by atoms with E-state index in [-0.39, 0.29) is 16.4 Å². The summed E-state index contributed by atoms with van der Waals surface area (Å²) in [6.07, 6.45) is 0. The van der Waals surface area contributed by atoms with Crippen LogP contribution in [-0.4, -0.2) is 71.8 Å². The molecule has 0 aliphatic rings. The van der Waals surface area contributed by atoms with Crippen molar-refractivity contribution in [2.75, 3.05) is 47.5 Å². The van der Waals surface area contributed by atoms with E-state index in [9.17, 15) is 13.2 Å². The molecule has 1 aromatic rings. The fourth-order valence-corrected chi connectivity index (χ4v) is 3.65. The van der Waals surface area contributed by atoms with Crippen LogP contribution >= 0.6 is 11.3 Å². The highest BCUT2D eigenvalue weighted by molar-refractivity contribution is 7.91. The third kappa shape index (κ3) is 5.32. The molecule has 0 saturated heterocycles. The highest BCUT2D eigenvalue weighted by Gasteiger charge is 2.26. The lowest BCUT2D eigenvalue weighted by Gasteiger charge is -2.16. The molecule has 8 nitrogen and oxygen atoms in total. The van der Waals surface area contributed by atoms with Crippen LogP contribution in [0.4, 0.5) is 0 Å². The van der Waals surface area contributed by atoms with E-state index in [0.29, 0.717) is 19.7 Å². The first-order valence-electron chi connectivity index (χ1n) is 6.11. The van der Waals surface area contributed by atoms with Gasteiger partial charge in [0.05, 0.1) is 19.2 Å². The van der Waals surface area contributed by atoms with E-state index in [1.807, 2.05) is 11.9 Å². The molecule has 0 unspecified atom stereocenters. The van der Waals surface area contributed by atoms with Crippen LogP contribution in [0.25, 0.3) is 0 Å². The summed E-state index contributed by atoms with van der Waals surface area (Å²) < 4.78 is 36.0. The van der Waals surface area contributed by atoms with E-state index in [0.717, 1.165) is 11.3 Å². The quantitative estimate of drug-likeness (QED) is 0.622. The maximum Gasteiger partial charge on any atom is 0.358 e. The Balaban J connectivity index is 2.62. The fraction of sp³-hybridized carbons (Fsp3) is 0.636. The summed E-state index contributed by atoms with van der Waals surface area (Å²) in [4.78, 5) is 17.1. The molecule has 10 heteroatoms. The lowest BCUT2D eigenvalue weighted by Crippen LogP contribution is -2.34. The zero-order chi connectivity index (χ0) is 15.9. The second-order valence-corrected chi connectivity index (χ2v) is 6.99. The van der Waals surface area contributed by atoms with Gasteiger partial charge in [-0.15, -0.1) is 11.3 Å². The number of nitrogens with zero attached hydrogens (tertiary/aromatic N) is 2. The van der Waals surface area contributed by atoms with Crippen molar-refractivity contribution in [3.63, 3.8) is 0 Å². The molecule has 0 fully saturated rings. The maximum atomic E-state index is 12.1. The van der Waals surface area contributed by atoms with E-state index < -0.39 is 16.0 Å². The van der Waals surface area contributed by atoms with Crippen molar-refractivity contribution in [3.05, 3.63) is 11.2 Å². The first-order valence-corrected chi connectivity index (χ1v) is 8.47. The Morgan fingerprint density at radius 3 is 2.76 bits per heavy atom.